The van der Waals surface area contributed by atoms with Gasteiger partial charge in [-0.05, 0) is 12.1 Å². The number of carbonyl (C=O) groups excluding carboxylic acids is 2. The summed E-state index contributed by atoms with van der Waals surface area (Å²) in [5, 5.41) is 0. The molecule has 0 N–H and O–H groups in total. The fourth-order valence-electron chi connectivity index (χ4n) is 3.38. The second kappa shape index (κ2) is 6.48. The second-order valence-electron chi connectivity index (χ2n) is 5.97. The van der Waals surface area contributed by atoms with Gasteiger partial charge in [-0.2, -0.15) is 0 Å². The van der Waals surface area contributed by atoms with Crippen LogP contribution in [0.5, 0.6) is 0 Å². The minimum absolute atomic E-state index is 0.0974. The number of aromatic nitrogens is 1. The average Bonchev–Trinajstić information content (AvgIpc) is 2.89. The monoisotopic (exact) mass is 353 g/mol. The molecule has 2 aliphatic heterocycles. The Hall–Kier alpha value is -2.00. The van der Waals surface area contributed by atoms with Gasteiger partial charge >= 0.3 is 0 Å². The first kappa shape index (κ1) is 16.8. The molecule has 1 aromatic rings. The van der Waals surface area contributed by atoms with E-state index in [4.69, 9.17) is 4.74 Å². The zero-order chi connectivity index (χ0) is 17.3. The Balaban J connectivity index is 1.87. The third kappa shape index (κ3) is 3.13. The SMILES string of the molecule is COCC(=O)N1CCN(C(=O)c2cccnc2)[C@@H]2CS(=O)(=O)C[C@@H]21. The molecule has 0 unspecified atom stereocenters. The van der Waals surface area contributed by atoms with Crippen LogP contribution in [0.3, 0.4) is 0 Å². The lowest BCUT2D eigenvalue weighted by atomic mass is 10.0. The van der Waals surface area contributed by atoms with Crippen molar-refractivity contribution in [3.63, 3.8) is 0 Å². The summed E-state index contributed by atoms with van der Waals surface area (Å²) in [6, 6.07) is 2.26. The van der Waals surface area contributed by atoms with Crippen LogP contribution < -0.4 is 0 Å². The summed E-state index contributed by atoms with van der Waals surface area (Å²) >= 11 is 0. The van der Waals surface area contributed by atoms with E-state index in [1.807, 2.05) is 0 Å². The third-order valence-electron chi connectivity index (χ3n) is 4.43. The molecule has 2 aliphatic rings. The minimum atomic E-state index is -3.30. The molecular weight excluding hydrogens is 334 g/mol. The number of pyridine rings is 1. The first-order valence-electron chi connectivity index (χ1n) is 7.63. The van der Waals surface area contributed by atoms with Gasteiger partial charge in [-0.1, -0.05) is 0 Å². The summed E-state index contributed by atoms with van der Waals surface area (Å²) in [5.41, 5.74) is 0.414. The van der Waals surface area contributed by atoms with E-state index < -0.39 is 21.9 Å². The molecular formula is C15H19N3O5S. The highest BCUT2D eigenvalue weighted by molar-refractivity contribution is 7.91. The summed E-state index contributed by atoms with van der Waals surface area (Å²) in [6.07, 6.45) is 3.03. The van der Waals surface area contributed by atoms with Crippen molar-refractivity contribution in [1.82, 2.24) is 14.8 Å². The van der Waals surface area contributed by atoms with Crippen molar-refractivity contribution < 1.29 is 22.7 Å². The number of piperazine rings is 1. The van der Waals surface area contributed by atoms with Crippen LogP contribution in [0.1, 0.15) is 10.4 Å². The zero-order valence-corrected chi connectivity index (χ0v) is 14.1. The summed E-state index contributed by atoms with van der Waals surface area (Å²) in [5.74, 6) is -0.753. The van der Waals surface area contributed by atoms with E-state index in [9.17, 15) is 18.0 Å². The molecule has 0 spiro atoms. The average molecular weight is 353 g/mol. The van der Waals surface area contributed by atoms with Crippen molar-refractivity contribution in [2.75, 3.05) is 38.3 Å². The summed E-state index contributed by atoms with van der Waals surface area (Å²) < 4.78 is 29.1. The number of amides is 2. The van der Waals surface area contributed by atoms with Gasteiger partial charge in [0.15, 0.2) is 9.84 Å². The molecule has 2 saturated heterocycles. The largest absolute Gasteiger partial charge is 0.375 e. The van der Waals surface area contributed by atoms with Crippen LogP contribution in [-0.4, -0.2) is 85.4 Å². The Bertz CT molecular complexity index is 737. The number of fused-ring (bicyclic) bond motifs is 1. The smallest absolute Gasteiger partial charge is 0.255 e. The second-order valence-corrected chi connectivity index (χ2v) is 8.13. The van der Waals surface area contributed by atoms with Crippen LogP contribution in [0.25, 0.3) is 0 Å². The molecule has 3 heterocycles. The van der Waals surface area contributed by atoms with Crippen molar-refractivity contribution >= 4 is 21.7 Å². The Morgan fingerprint density at radius 3 is 2.54 bits per heavy atom. The molecule has 2 amide bonds. The molecule has 3 rings (SSSR count). The van der Waals surface area contributed by atoms with Gasteiger partial charge in [0.1, 0.15) is 6.61 Å². The molecule has 0 aliphatic carbocycles. The summed E-state index contributed by atoms with van der Waals surface area (Å²) in [7, 11) is -1.88. The van der Waals surface area contributed by atoms with Gasteiger partial charge in [0.2, 0.25) is 5.91 Å². The molecule has 2 atom stereocenters. The predicted molar refractivity (Wildman–Crippen MR) is 85.1 cm³/mol. The Labute approximate surface area is 140 Å². The van der Waals surface area contributed by atoms with Crippen molar-refractivity contribution in [2.45, 2.75) is 12.1 Å². The van der Waals surface area contributed by atoms with E-state index in [-0.39, 0.29) is 29.9 Å². The van der Waals surface area contributed by atoms with Crippen LogP contribution in [0, 0.1) is 0 Å². The van der Waals surface area contributed by atoms with Gasteiger partial charge in [0.25, 0.3) is 5.91 Å². The molecule has 2 fully saturated rings. The van der Waals surface area contributed by atoms with Crippen LogP contribution in [0.15, 0.2) is 24.5 Å². The van der Waals surface area contributed by atoms with Crippen molar-refractivity contribution in [3.8, 4) is 0 Å². The fraction of sp³-hybridized carbons (Fsp3) is 0.533. The van der Waals surface area contributed by atoms with Crippen LogP contribution in [-0.2, 0) is 19.4 Å². The highest BCUT2D eigenvalue weighted by Gasteiger charge is 2.49. The highest BCUT2D eigenvalue weighted by atomic mass is 32.2. The lowest BCUT2D eigenvalue weighted by Gasteiger charge is -2.43. The Kier molecular flexibility index (Phi) is 4.55. The molecule has 9 heteroatoms. The first-order valence-corrected chi connectivity index (χ1v) is 9.45. The van der Waals surface area contributed by atoms with Gasteiger partial charge in [0.05, 0.1) is 29.2 Å². The minimum Gasteiger partial charge on any atom is -0.375 e. The number of ether oxygens (including phenoxy) is 1. The van der Waals surface area contributed by atoms with Crippen molar-refractivity contribution in [2.24, 2.45) is 0 Å². The Morgan fingerprint density at radius 2 is 1.92 bits per heavy atom. The lowest BCUT2D eigenvalue weighted by molar-refractivity contribution is -0.140. The van der Waals surface area contributed by atoms with Gasteiger partial charge < -0.3 is 14.5 Å². The maximum Gasteiger partial charge on any atom is 0.255 e. The van der Waals surface area contributed by atoms with E-state index >= 15 is 0 Å². The molecule has 0 aromatic carbocycles. The maximum absolute atomic E-state index is 12.7. The van der Waals surface area contributed by atoms with Crippen molar-refractivity contribution in [1.29, 1.82) is 0 Å². The quantitative estimate of drug-likeness (QED) is 0.704. The predicted octanol–water partition coefficient (Wildman–Crippen LogP) is -0.822. The summed E-state index contributed by atoms with van der Waals surface area (Å²) in [4.78, 5) is 31.9. The first-order chi connectivity index (χ1) is 11.4. The number of nitrogens with zero attached hydrogens (tertiary/aromatic N) is 3. The number of hydrogen-bond acceptors (Lipinski definition) is 6. The van der Waals surface area contributed by atoms with E-state index in [2.05, 4.69) is 4.98 Å². The molecule has 130 valence electrons. The van der Waals surface area contributed by atoms with Crippen molar-refractivity contribution in [3.05, 3.63) is 30.1 Å². The van der Waals surface area contributed by atoms with Crippen LogP contribution in [0.2, 0.25) is 0 Å². The van der Waals surface area contributed by atoms with E-state index in [1.54, 1.807) is 23.2 Å². The van der Waals surface area contributed by atoms with Crippen LogP contribution >= 0.6 is 0 Å². The third-order valence-corrected chi connectivity index (χ3v) is 6.13. The molecule has 0 bridgehead atoms. The number of rotatable bonds is 3. The normalized spacial score (nSPS) is 25.4. The standard InChI is InChI=1S/C15H19N3O5S/c1-23-8-14(19)17-5-6-18(13-10-24(21,22)9-12(13)17)15(20)11-3-2-4-16-7-11/h2-4,7,12-13H,5-6,8-10H2,1H3/t12-,13+/m0/s1. The van der Waals surface area contributed by atoms with Gasteiger partial charge in [-0.15, -0.1) is 0 Å². The number of methoxy groups -OCH3 is 1. The summed E-state index contributed by atoms with van der Waals surface area (Å²) in [6.45, 7) is 0.491. The van der Waals surface area contributed by atoms with E-state index in [1.165, 1.54) is 18.2 Å². The van der Waals surface area contributed by atoms with E-state index in [0.717, 1.165) is 0 Å². The maximum atomic E-state index is 12.7. The van der Waals surface area contributed by atoms with Gasteiger partial charge in [-0.3, -0.25) is 14.6 Å². The molecule has 0 radical (unpaired) electrons. The zero-order valence-electron chi connectivity index (χ0n) is 13.3. The number of carbonyl (C=O) groups is 2. The molecule has 24 heavy (non-hydrogen) atoms. The Morgan fingerprint density at radius 1 is 1.25 bits per heavy atom. The van der Waals surface area contributed by atoms with Gasteiger partial charge in [0, 0.05) is 32.6 Å². The van der Waals surface area contributed by atoms with E-state index in [0.29, 0.717) is 18.7 Å². The number of hydrogen-bond donors (Lipinski definition) is 0. The van der Waals surface area contributed by atoms with Gasteiger partial charge in [-0.25, -0.2) is 8.42 Å². The number of sulfone groups is 1. The lowest BCUT2D eigenvalue weighted by Crippen LogP contribution is -2.62. The molecule has 1 aromatic heterocycles. The molecule has 0 saturated carbocycles. The van der Waals surface area contributed by atoms with Crippen LogP contribution in [0.4, 0.5) is 0 Å². The topological polar surface area (TPSA) is 96.9 Å². The fourth-order valence-corrected chi connectivity index (χ4v) is 5.36. The molecule has 8 nitrogen and oxygen atoms in total. The highest BCUT2D eigenvalue weighted by Crippen LogP contribution is 2.28.